The van der Waals surface area contributed by atoms with Gasteiger partial charge in [0, 0.05) is 11.6 Å². The van der Waals surface area contributed by atoms with Crippen LogP contribution in [0.5, 0.6) is 5.88 Å². The Morgan fingerprint density at radius 1 is 1.38 bits per heavy atom. The average Bonchev–Trinajstić information content (AvgIpc) is 2.17. The zero-order valence-electron chi connectivity index (χ0n) is 10.3. The molecule has 0 unspecified atom stereocenters. The number of nitrogens with zero attached hydrogens (tertiary/aromatic N) is 2. The van der Waals surface area contributed by atoms with Crippen molar-refractivity contribution in [3.8, 4) is 5.88 Å². The van der Waals surface area contributed by atoms with Gasteiger partial charge in [-0.15, -0.1) is 0 Å². The van der Waals surface area contributed by atoms with Gasteiger partial charge in [0.05, 0.1) is 24.9 Å². The van der Waals surface area contributed by atoms with Crippen molar-refractivity contribution in [2.75, 3.05) is 6.61 Å². The molecule has 0 atom stereocenters. The van der Waals surface area contributed by atoms with Crippen molar-refractivity contribution in [3.05, 3.63) is 18.1 Å². The minimum absolute atomic E-state index is 0.149. The predicted octanol–water partition coefficient (Wildman–Crippen LogP) is 2.03. The topological polar surface area (TPSA) is 52.1 Å². The number of hydrogen-bond acceptors (Lipinski definition) is 4. The van der Waals surface area contributed by atoms with Crippen LogP contribution in [0.4, 0.5) is 0 Å². The Labute approximate surface area is 96.1 Å². The summed E-state index contributed by atoms with van der Waals surface area (Å²) in [7, 11) is 0. The molecule has 16 heavy (non-hydrogen) atoms. The highest BCUT2D eigenvalue weighted by Crippen LogP contribution is 2.17. The molecule has 0 aliphatic heterocycles. The number of Topliss-reactive ketones (excluding diaryl/α,β-unsaturated/α-hetero) is 1. The third-order valence-corrected chi connectivity index (χ3v) is 2.13. The van der Waals surface area contributed by atoms with Crippen LogP contribution in [0.25, 0.3) is 0 Å². The molecule has 1 heterocycles. The zero-order chi connectivity index (χ0) is 12.2. The molecule has 0 fully saturated rings. The SMILES string of the molecule is CCOc1cncc(CC(=O)C(C)(C)C)n1. The van der Waals surface area contributed by atoms with Crippen LogP contribution in [-0.4, -0.2) is 22.4 Å². The molecular formula is C12H18N2O2. The number of ether oxygens (including phenoxy) is 1. The van der Waals surface area contributed by atoms with Crippen LogP contribution in [0, 0.1) is 5.41 Å². The Kier molecular flexibility index (Phi) is 3.99. The summed E-state index contributed by atoms with van der Waals surface area (Å²) in [4.78, 5) is 20.0. The number of rotatable bonds is 4. The van der Waals surface area contributed by atoms with E-state index in [0.29, 0.717) is 24.6 Å². The summed E-state index contributed by atoms with van der Waals surface area (Å²) >= 11 is 0. The van der Waals surface area contributed by atoms with E-state index in [4.69, 9.17) is 4.74 Å². The van der Waals surface area contributed by atoms with Crippen molar-refractivity contribution in [3.63, 3.8) is 0 Å². The smallest absolute Gasteiger partial charge is 0.232 e. The first-order valence-electron chi connectivity index (χ1n) is 5.40. The standard InChI is InChI=1S/C12H18N2O2/c1-5-16-11-8-13-7-9(14-11)6-10(15)12(2,3)4/h7-8H,5-6H2,1-4H3. The van der Waals surface area contributed by atoms with Crippen LogP contribution in [0.1, 0.15) is 33.4 Å². The Balaban J connectivity index is 2.74. The van der Waals surface area contributed by atoms with E-state index in [0.717, 1.165) is 0 Å². The average molecular weight is 222 g/mol. The Hall–Kier alpha value is -1.45. The highest BCUT2D eigenvalue weighted by atomic mass is 16.5. The molecule has 4 nitrogen and oxygen atoms in total. The minimum atomic E-state index is -0.344. The van der Waals surface area contributed by atoms with Gasteiger partial charge in [0.2, 0.25) is 5.88 Å². The Bertz CT molecular complexity index is 370. The number of aromatic nitrogens is 2. The van der Waals surface area contributed by atoms with Crippen LogP contribution >= 0.6 is 0 Å². The molecule has 0 aliphatic rings. The fourth-order valence-electron chi connectivity index (χ4n) is 1.12. The number of ketones is 1. The van der Waals surface area contributed by atoms with Gasteiger partial charge in [0.15, 0.2) is 0 Å². The lowest BCUT2D eigenvalue weighted by atomic mass is 9.88. The summed E-state index contributed by atoms with van der Waals surface area (Å²) in [5.74, 6) is 0.622. The molecule has 88 valence electrons. The maximum absolute atomic E-state index is 11.8. The minimum Gasteiger partial charge on any atom is -0.477 e. The van der Waals surface area contributed by atoms with E-state index in [2.05, 4.69) is 9.97 Å². The van der Waals surface area contributed by atoms with Crippen LogP contribution in [0.15, 0.2) is 12.4 Å². The molecule has 0 saturated heterocycles. The molecular weight excluding hydrogens is 204 g/mol. The predicted molar refractivity (Wildman–Crippen MR) is 61.4 cm³/mol. The lowest BCUT2D eigenvalue weighted by molar-refractivity contribution is -0.125. The summed E-state index contributed by atoms with van der Waals surface area (Å²) < 4.78 is 5.23. The Morgan fingerprint density at radius 3 is 2.62 bits per heavy atom. The van der Waals surface area contributed by atoms with E-state index in [-0.39, 0.29) is 11.2 Å². The first-order valence-corrected chi connectivity index (χ1v) is 5.40. The monoisotopic (exact) mass is 222 g/mol. The summed E-state index contributed by atoms with van der Waals surface area (Å²) in [6, 6.07) is 0. The van der Waals surface area contributed by atoms with E-state index >= 15 is 0 Å². The van der Waals surface area contributed by atoms with Crippen molar-refractivity contribution in [2.24, 2.45) is 5.41 Å². The van der Waals surface area contributed by atoms with Gasteiger partial charge in [-0.3, -0.25) is 9.78 Å². The van der Waals surface area contributed by atoms with Crippen molar-refractivity contribution < 1.29 is 9.53 Å². The van der Waals surface area contributed by atoms with E-state index in [1.165, 1.54) is 0 Å². The second kappa shape index (κ2) is 5.05. The second-order valence-electron chi connectivity index (χ2n) is 4.63. The van der Waals surface area contributed by atoms with Gasteiger partial charge in [0.1, 0.15) is 5.78 Å². The lowest BCUT2D eigenvalue weighted by Gasteiger charge is -2.15. The highest BCUT2D eigenvalue weighted by Gasteiger charge is 2.21. The first-order chi connectivity index (χ1) is 7.43. The van der Waals surface area contributed by atoms with Crippen molar-refractivity contribution in [1.29, 1.82) is 0 Å². The van der Waals surface area contributed by atoms with Gasteiger partial charge in [-0.05, 0) is 6.92 Å². The van der Waals surface area contributed by atoms with Gasteiger partial charge >= 0.3 is 0 Å². The lowest BCUT2D eigenvalue weighted by Crippen LogP contribution is -2.22. The van der Waals surface area contributed by atoms with Gasteiger partial charge < -0.3 is 4.74 Å². The Morgan fingerprint density at radius 2 is 2.06 bits per heavy atom. The highest BCUT2D eigenvalue weighted by molar-refractivity contribution is 5.85. The van der Waals surface area contributed by atoms with Crippen molar-refractivity contribution >= 4 is 5.78 Å². The van der Waals surface area contributed by atoms with Gasteiger partial charge in [-0.2, -0.15) is 0 Å². The molecule has 0 spiro atoms. The number of carbonyl (C=O) groups excluding carboxylic acids is 1. The van der Waals surface area contributed by atoms with Crippen LogP contribution < -0.4 is 4.74 Å². The van der Waals surface area contributed by atoms with E-state index in [1.807, 2.05) is 27.7 Å². The fourth-order valence-corrected chi connectivity index (χ4v) is 1.12. The van der Waals surface area contributed by atoms with Crippen molar-refractivity contribution in [2.45, 2.75) is 34.1 Å². The molecule has 0 amide bonds. The zero-order valence-corrected chi connectivity index (χ0v) is 10.3. The molecule has 1 aromatic rings. The third-order valence-electron chi connectivity index (χ3n) is 2.13. The molecule has 4 heteroatoms. The molecule has 0 N–H and O–H groups in total. The van der Waals surface area contributed by atoms with Gasteiger partial charge in [-0.1, -0.05) is 20.8 Å². The van der Waals surface area contributed by atoms with Gasteiger partial charge in [-0.25, -0.2) is 4.98 Å². The first kappa shape index (κ1) is 12.6. The van der Waals surface area contributed by atoms with E-state index in [9.17, 15) is 4.79 Å². The number of hydrogen-bond donors (Lipinski definition) is 0. The number of carbonyl (C=O) groups is 1. The quantitative estimate of drug-likeness (QED) is 0.782. The largest absolute Gasteiger partial charge is 0.477 e. The summed E-state index contributed by atoms with van der Waals surface area (Å²) in [5.41, 5.74) is 0.314. The maximum atomic E-state index is 11.8. The van der Waals surface area contributed by atoms with Crippen LogP contribution in [0.2, 0.25) is 0 Å². The molecule has 0 aromatic carbocycles. The maximum Gasteiger partial charge on any atom is 0.232 e. The van der Waals surface area contributed by atoms with E-state index in [1.54, 1.807) is 12.4 Å². The normalized spacial score (nSPS) is 11.2. The molecule has 1 rings (SSSR count). The van der Waals surface area contributed by atoms with Gasteiger partial charge in [0.25, 0.3) is 0 Å². The summed E-state index contributed by atoms with van der Waals surface area (Å²) in [6.45, 7) is 8.12. The van der Waals surface area contributed by atoms with Crippen LogP contribution in [0.3, 0.4) is 0 Å². The van der Waals surface area contributed by atoms with Crippen LogP contribution in [-0.2, 0) is 11.2 Å². The molecule has 1 aromatic heterocycles. The summed E-state index contributed by atoms with van der Waals surface area (Å²) in [6.07, 6.45) is 3.46. The third kappa shape index (κ3) is 3.61. The van der Waals surface area contributed by atoms with Crippen molar-refractivity contribution in [1.82, 2.24) is 9.97 Å². The molecule has 0 aliphatic carbocycles. The molecule has 0 radical (unpaired) electrons. The molecule has 0 saturated carbocycles. The van der Waals surface area contributed by atoms with E-state index < -0.39 is 0 Å². The second-order valence-corrected chi connectivity index (χ2v) is 4.63. The fraction of sp³-hybridized carbons (Fsp3) is 0.583. The molecule has 0 bridgehead atoms. The summed E-state index contributed by atoms with van der Waals surface area (Å²) in [5, 5.41) is 0.